The van der Waals surface area contributed by atoms with Gasteiger partial charge in [-0.25, -0.2) is 8.42 Å². The average Bonchev–Trinajstić information content (AvgIpc) is 2.76. The van der Waals surface area contributed by atoms with Gasteiger partial charge in [0.05, 0.1) is 26.3 Å². The van der Waals surface area contributed by atoms with E-state index in [1.54, 1.807) is 36.0 Å². The van der Waals surface area contributed by atoms with Gasteiger partial charge in [-0.15, -0.1) is 11.8 Å². The molecule has 0 unspecified atom stereocenters. The van der Waals surface area contributed by atoms with Crippen molar-refractivity contribution in [3.63, 3.8) is 0 Å². The number of nitrogens with one attached hydrogen (secondary N) is 1. The number of thioether (sulfide) groups is 1. The Bertz CT molecular complexity index is 1170. The molecular weight excluding hydrogens is 475 g/mol. The quantitative estimate of drug-likeness (QED) is 0.393. The van der Waals surface area contributed by atoms with E-state index in [0.29, 0.717) is 5.69 Å². The van der Waals surface area contributed by atoms with E-state index in [0.717, 1.165) is 15.0 Å². The number of halogens is 2. The maximum absolute atomic E-state index is 13.4. The van der Waals surface area contributed by atoms with Gasteiger partial charge in [0.15, 0.2) is 0 Å². The smallest absolute Gasteiger partial charge is 0.264 e. The van der Waals surface area contributed by atoms with E-state index in [-0.39, 0.29) is 20.6 Å². The Morgan fingerprint density at radius 1 is 0.968 bits per heavy atom. The zero-order valence-corrected chi connectivity index (χ0v) is 19.7. The molecule has 0 spiro atoms. The summed E-state index contributed by atoms with van der Waals surface area (Å²) in [4.78, 5) is 13.9. The Labute approximate surface area is 196 Å². The molecule has 1 amide bonds. The Morgan fingerprint density at radius 2 is 1.65 bits per heavy atom. The van der Waals surface area contributed by atoms with Gasteiger partial charge in [0.25, 0.3) is 10.0 Å². The van der Waals surface area contributed by atoms with Gasteiger partial charge >= 0.3 is 0 Å². The normalized spacial score (nSPS) is 11.2. The van der Waals surface area contributed by atoms with Crippen LogP contribution in [0.1, 0.15) is 6.92 Å². The number of nitrogens with zero attached hydrogens (tertiary/aromatic N) is 1. The molecule has 3 aromatic rings. The number of benzene rings is 3. The van der Waals surface area contributed by atoms with Crippen molar-refractivity contribution in [3.05, 3.63) is 82.8 Å². The van der Waals surface area contributed by atoms with E-state index in [2.05, 4.69) is 5.32 Å². The lowest BCUT2D eigenvalue weighted by Crippen LogP contribution is -2.38. The molecule has 0 aliphatic heterocycles. The molecule has 0 bridgehead atoms. The minimum Gasteiger partial charge on any atom is -0.323 e. The molecule has 0 radical (unpaired) electrons. The van der Waals surface area contributed by atoms with Crippen LogP contribution < -0.4 is 9.62 Å². The number of rotatable bonds is 8. The van der Waals surface area contributed by atoms with E-state index in [4.69, 9.17) is 23.2 Å². The van der Waals surface area contributed by atoms with Gasteiger partial charge in [0.2, 0.25) is 5.91 Å². The summed E-state index contributed by atoms with van der Waals surface area (Å²) in [6.45, 7) is 1.59. The van der Waals surface area contributed by atoms with Crippen molar-refractivity contribution in [2.75, 3.05) is 21.9 Å². The first kappa shape index (κ1) is 23.5. The Balaban J connectivity index is 1.95. The van der Waals surface area contributed by atoms with Gasteiger partial charge in [0, 0.05) is 4.90 Å². The summed E-state index contributed by atoms with van der Waals surface area (Å²) < 4.78 is 27.7. The number of carbonyl (C=O) groups excluding carboxylic acids is 1. The molecule has 5 nitrogen and oxygen atoms in total. The number of amides is 1. The first-order chi connectivity index (χ1) is 14.8. The van der Waals surface area contributed by atoms with Crippen LogP contribution in [0.15, 0.2) is 82.6 Å². The predicted molar refractivity (Wildman–Crippen MR) is 129 cm³/mol. The van der Waals surface area contributed by atoms with Crippen molar-refractivity contribution in [2.24, 2.45) is 0 Å². The average molecular weight is 495 g/mol. The van der Waals surface area contributed by atoms with Gasteiger partial charge in [-0.05, 0) is 48.2 Å². The minimum atomic E-state index is -4.03. The molecule has 0 aromatic heterocycles. The van der Waals surface area contributed by atoms with Gasteiger partial charge in [-0.3, -0.25) is 9.10 Å². The third-order valence-electron chi connectivity index (χ3n) is 4.27. The van der Waals surface area contributed by atoms with Crippen LogP contribution in [0.2, 0.25) is 10.0 Å². The topological polar surface area (TPSA) is 66.5 Å². The fourth-order valence-electron chi connectivity index (χ4n) is 2.85. The molecule has 0 atom stereocenters. The zero-order valence-electron chi connectivity index (χ0n) is 16.6. The lowest BCUT2D eigenvalue weighted by Gasteiger charge is -2.24. The fraction of sp³-hybridized carbons (Fsp3) is 0.136. The second-order valence-electron chi connectivity index (χ2n) is 6.40. The summed E-state index contributed by atoms with van der Waals surface area (Å²) in [5, 5.41) is 3.30. The molecule has 31 heavy (non-hydrogen) atoms. The SMILES string of the molecule is CCSc1ccccc1NC(=O)CN(c1ccc(Cl)c(Cl)c1)S(=O)(=O)c1ccccc1. The van der Waals surface area contributed by atoms with Crippen molar-refractivity contribution < 1.29 is 13.2 Å². The van der Waals surface area contributed by atoms with Crippen LogP contribution in [0.4, 0.5) is 11.4 Å². The maximum atomic E-state index is 13.4. The van der Waals surface area contributed by atoms with Crippen LogP contribution in [0, 0.1) is 0 Å². The van der Waals surface area contributed by atoms with Crippen molar-refractivity contribution in [1.29, 1.82) is 0 Å². The zero-order chi connectivity index (χ0) is 22.4. The molecule has 1 N–H and O–H groups in total. The number of anilines is 2. The molecule has 0 heterocycles. The highest BCUT2D eigenvalue weighted by atomic mass is 35.5. The van der Waals surface area contributed by atoms with E-state index in [1.807, 2.05) is 25.1 Å². The summed E-state index contributed by atoms with van der Waals surface area (Å²) in [5.41, 5.74) is 0.871. The Morgan fingerprint density at radius 3 is 2.32 bits per heavy atom. The van der Waals surface area contributed by atoms with E-state index < -0.39 is 22.5 Å². The predicted octanol–water partition coefficient (Wildman–Crippen LogP) is 5.94. The standard InChI is InChI=1S/C22H20Cl2N2O3S2/c1-2-30-21-11-7-6-10-20(21)25-22(27)15-26(16-12-13-18(23)19(24)14-16)31(28,29)17-8-4-3-5-9-17/h3-14H,2,15H2,1H3,(H,25,27). The first-order valence-electron chi connectivity index (χ1n) is 9.37. The number of sulfonamides is 1. The number of carbonyl (C=O) groups is 1. The van der Waals surface area contributed by atoms with Crippen molar-refractivity contribution >= 4 is 62.3 Å². The summed E-state index contributed by atoms with van der Waals surface area (Å²) in [5.74, 6) is 0.361. The molecule has 9 heteroatoms. The Hall–Kier alpha value is -2.19. The monoisotopic (exact) mass is 494 g/mol. The lowest BCUT2D eigenvalue weighted by atomic mass is 10.3. The molecule has 0 aliphatic carbocycles. The molecule has 0 saturated heterocycles. The third kappa shape index (κ3) is 5.74. The van der Waals surface area contributed by atoms with E-state index in [9.17, 15) is 13.2 Å². The Kier molecular flexibility index (Phi) is 7.89. The summed E-state index contributed by atoms with van der Waals surface area (Å²) in [6.07, 6.45) is 0. The maximum Gasteiger partial charge on any atom is 0.264 e. The second kappa shape index (κ2) is 10.4. The first-order valence-corrected chi connectivity index (χ1v) is 12.6. The van der Waals surface area contributed by atoms with Crippen molar-refractivity contribution in [1.82, 2.24) is 0 Å². The van der Waals surface area contributed by atoms with Gasteiger partial charge < -0.3 is 5.32 Å². The molecule has 3 aromatic carbocycles. The van der Waals surface area contributed by atoms with Crippen LogP contribution >= 0.6 is 35.0 Å². The van der Waals surface area contributed by atoms with Crippen molar-refractivity contribution in [3.8, 4) is 0 Å². The highest BCUT2D eigenvalue weighted by Gasteiger charge is 2.27. The number of para-hydroxylation sites is 1. The summed E-state index contributed by atoms with van der Waals surface area (Å²) in [7, 11) is -4.03. The van der Waals surface area contributed by atoms with Gasteiger partial charge in [0.1, 0.15) is 6.54 Å². The molecule has 3 rings (SSSR count). The lowest BCUT2D eigenvalue weighted by molar-refractivity contribution is -0.114. The highest BCUT2D eigenvalue weighted by Crippen LogP contribution is 2.31. The third-order valence-corrected chi connectivity index (χ3v) is 7.75. The fourth-order valence-corrected chi connectivity index (χ4v) is 5.33. The highest BCUT2D eigenvalue weighted by molar-refractivity contribution is 7.99. The molecule has 0 fully saturated rings. The second-order valence-corrected chi connectivity index (χ2v) is 10.4. The van der Waals surface area contributed by atoms with Gasteiger partial charge in [-0.1, -0.05) is 60.5 Å². The van der Waals surface area contributed by atoms with Crippen LogP contribution in [0.5, 0.6) is 0 Å². The van der Waals surface area contributed by atoms with Crippen LogP contribution in [0.3, 0.4) is 0 Å². The van der Waals surface area contributed by atoms with E-state index in [1.165, 1.54) is 30.3 Å². The van der Waals surface area contributed by atoms with Crippen LogP contribution in [-0.2, 0) is 14.8 Å². The number of hydrogen-bond donors (Lipinski definition) is 1. The number of hydrogen-bond acceptors (Lipinski definition) is 4. The van der Waals surface area contributed by atoms with Gasteiger partial charge in [-0.2, -0.15) is 0 Å². The molecular formula is C22H20Cl2N2O3S2. The molecule has 0 aliphatic rings. The molecule has 0 saturated carbocycles. The summed E-state index contributed by atoms with van der Waals surface area (Å²) >= 11 is 13.7. The van der Waals surface area contributed by atoms with Crippen molar-refractivity contribution in [2.45, 2.75) is 16.7 Å². The molecule has 162 valence electrons. The van der Waals surface area contributed by atoms with Crippen LogP contribution in [0.25, 0.3) is 0 Å². The minimum absolute atomic E-state index is 0.0656. The van der Waals surface area contributed by atoms with E-state index >= 15 is 0 Å². The van der Waals surface area contributed by atoms with Crippen LogP contribution in [-0.4, -0.2) is 26.6 Å². The largest absolute Gasteiger partial charge is 0.323 e. The summed E-state index contributed by atoms with van der Waals surface area (Å²) in [6, 6.07) is 19.7.